The molecule has 0 saturated heterocycles. The van der Waals surface area contributed by atoms with E-state index in [-0.39, 0.29) is 5.69 Å². The molecule has 0 unspecified atom stereocenters. The van der Waals surface area contributed by atoms with Gasteiger partial charge in [0, 0.05) is 4.88 Å². The molecule has 3 heterocycles. The van der Waals surface area contributed by atoms with E-state index in [1.165, 1.54) is 36.0 Å². The molecule has 0 aliphatic heterocycles. The maximum absolute atomic E-state index is 11.2. The van der Waals surface area contributed by atoms with Crippen LogP contribution in [0.5, 0.6) is 0 Å². The minimum Gasteiger partial charge on any atom is -0.333 e. The van der Waals surface area contributed by atoms with Gasteiger partial charge in [0.1, 0.15) is 5.52 Å². The molecular weight excluding hydrogens is 274 g/mol. The predicted octanol–water partition coefficient (Wildman–Crippen LogP) is 2.04. The monoisotopic (exact) mass is 287 g/mol. The van der Waals surface area contributed by atoms with E-state index >= 15 is 0 Å². The molecular formula is C13H13N5OS. The van der Waals surface area contributed by atoms with Crippen LogP contribution in [0.15, 0.2) is 11.0 Å². The average molecular weight is 287 g/mol. The molecule has 0 spiro atoms. The lowest BCUT2D eigenvalue weighted by Crippen LogP contribution is -2.08. The van der Waals surface area contributed by atoms with Crippen molar-refractivity contribution in [1.82, 2.24) is 24.9 Å². The van der Waals surface area contributed by atoms with Gasteiger partial charge in [-0.1, -0.05) is 6.42 Å². The number of aryl methyl sites for hydroxylation is 2. The van der Waals surface area contributed by atoms with Crippen LogP contribution in [0, 0.1) is 0 Å². The van der Waals surface area contributed by atoms with Crippen molar-refractivity contribution in [3.05, 3.63) is 27.3 Å². The van der Waals surface area contributed by atoms with Crippen molar-refractivity contribution in [3.8, 4) is 10.8 Å². The minimum absolute atomic E-state index is 0.384. The van der Waals surface area contributed by atoms with Crippen LogP contribution in [0.2, 0.25) is 0 Å². The SMILES string of the molecule is O=c1ncc2[nH]c(-c3nc4c(s3)CCCCC4)nc2[nH]1. The molecule has 1 aliphatic carbocycles. The smallest absolute Gasteiger partial charge is 0.333 e. The van der Waals surface area contributed by atoms with E-state index in [4.69, 9.17) is 4.98 Å². The third-order valence-electron chi connectivity index (χ3n) is 3.57. The van der Waals surface area contributed by atoms with Crippen LogP contribution in [0.1, 0.15) is 29.8 Å². The number of hydrogen-bond donors (Lipinski definition) is 2. The fraction of sp³-hybridized carbons (Fsp3) is 0.385. The second-order valence-electron chi connectivity index (χ2n) is 4.99. The summed E-state index contributed by atoms with van der Waals surface area (Å²) in [6.45, 7) is 0. The third-order valence-corrected chi connectivity index (χ3v) is 4.73. The second kappa shape index (κ2) is 4.52. The Labute approximate surface area is 118 Å². The first-order valence-corrected chi connectivity index (χ1v) is 7.55. The predicted molar refractivity (Wildman–Crippen MR) is 76.9 cm³/mol. The van der Waals surface area contributed by atoms with Gasteiger partial charge in [0.25, 0.3) is 0 Å². The first-order chi connectivity index (χ1) is 9.79. The summed E-state index contributed by atoms with van der Waals surface area (Å²) in [5.41, 5.74) is 2.09. The van der Waals surface area contributed by atoms with Gasteiger partial charge in [0.15, 0.2) is 16.5 Å². The van der Waals surface area contributed by atoms with Crippen LogP contribution < -0.4 is 5.69 Å². The first-order valence-electron chi connectivity index (χ1n) is 6.73. The molecule has 7 heteroatoms. The number of aromatic nitrogens is 5. The van der Waals surface area contributed by atoms with Crippen LogP contribution in [-0.2, 0) is 12.8 Å². The quantitative estimate of drug-likeness (QED) is 0.670. The van der Waals surface area contributed by atoms with E-state index in [0.717, 1.165) is 23.4 Å². The van der Waals surface area contributed by atoms with Crippen molar-refractivity contribution in [2.24, 2.45) is 0 Å². The Balaban J connectivity index is 1.80. The second-order valence-corrected chi connectivity index (χ2v) is 6.07. The van der Waals surface area contributed by atoms with Crippen LogP contribution in [0.3, 0.4) is 0 Å². The number of thiazole rings is 1. The maximum Gasteiger partial charge on any atom is 0.346 e. The van der Waals surface area contributed by atoms with Crippen molar-refractivity contribution in [3.63, 3.8) is 0 Å². The number of nitrogens with zero attached hydrogens (tertiary/aromatic N) is 3. The summed E-state index contributed by atoms with van der Waals surface area (Å²) in [4.78, 5) is 31.2. The topological polar surface area (TPSA) is 87.3 Å². The molecule has 1 aliphatic rings. The van der Waals surface area contributed by atoms with Crippen molar-refractivity contribution in [2.45, 2.75) is 32.1 Å². The fourth-order valence-electron chi connectivity index (χ4n) is 2.56. The van der Waals surface area contributed by atoms with Gasteiger partial charge in [0.2, 0.25) is 0 Å². The highest BCUT2D eigenvalue weighted by Gasteiger charge is 2.17. The molecule has 0 amide bonds. The zero-order valence-corrected chi connectivity index (χ0v) is 11.6. The molecule has 4 rings (SSSR count). The lowest BCUT2D eigenvalue weighted by Gasteiger charge is -1.91. The number of imidazole rings is 1. The number of hydrogen-bond acceptors (Lipinski definition) is 5. The van der Waals surface area contributed by atoms with E-state index in [0.29, 0.717) is 11.5 Å². The van der Waals surface area contributed by atoms with Gasteiger partial charge in [-0.3, -0.25) is 4.98 Å². The van der Waals surface area contributed by atoms with Gasteiger partial charge in [0.05, 0.1) is 11.9 Å². The summed E-state index contributed by atoms with van der Waals surface area (Å²) in [6, 6.07) is 0. The highest BCUT2D eigenvalue weighted by atomic mass is 32.1. The zero-order valence-electron chi connectivity index (χ0n) is 10.8. The van der Waals surface area contributed by atoms with Gasteiger partial charge in [-0.25, -0.2) is 14.8 Å². The molecule has 3 aromatic heterocycles. The van der Waals surface area contributed by atoms with E-state index < -0.39 is 0 Å². The van der Waals surface area contributed by atoms with Gasteiger partial charge >= 0.3 is 5.69 Å². The van der Waals surface area contributed by atoms with Gasteiger partial charge in [-0.05, 0) is 25.7 Å². The van der Waals surface area contributed by atoms with E-state index in [9.17, 15) is 4.79 Å². The van der Waals surface area contributed by atoms with Crippen LogP contribution in [-0.4, -0.2) is 24.9 Å². The van der Waals surface area contributed by atoms with Crippen molar-refractivity contribution in [1.29, 1.82) is 0 Å². The summed E-state index contributed by atoms with van der Waals surface area (Å²) >= 11 is 1.70. The van der Waals surface area contributed by atoms with Gasteiger partial charge in [-0.15, -0.1) is 11.3 Å². The number of nitrogens with one attached hydrogen (secondary N) is 2. The summed E-state index contributed by atoms with van der Waals surface area (Å²) in [5.74, 6) is 0.710. The Morgan fingerprint density at radius 3 is 2.95 bits per heavy atom. The number of fused-ring (bicyclic) bond motifs is 2. The molecule has 0 aromatic carbocycles. The van der Waals surface area contributed by atoms with Crippen molar-refractivity contribution >= 4 is 22.5 Å². The first kappa shape index (κ1) is 11.8. The molecule has 20 heavy (non-hydrogen) atoms. The standard InChI is InChI=1S/C13H13N5OS/c19-13-14-6-8-10(18-13)17-11(15-8)12-16-7-4-2-1-3-5-9(7)20-12/h6H,1-5H2,(H2,14,15,17,18,19). The Kier molecular flexibility index (Phi) is 2.66. The normalized spacial score (nSPS) is 15.2. The van der Waals surface area contributed by atoms with Crippen LogP contribution >= 0.6 is 11.3 Å². The molecule has 2 N–H and O–H groups in total. The minimum atomic E-state index is -0.384. The summed E-state index contributed by atoms with van der Waals surface area (Å²) in [7, 11) is 0. The molecule has 0 radical (unpaired) electrons. The lowest BCUT2D eigenvalue weighted by molar-refractivity contribution is 0.709. The average Bonchev–Trinajstić information content (AvgIpc) is 2.97. The lowest BCUT2D eigenvalue weighted by atomic mass is 10.2. The molecule has 102 valence electrons. The molecule has 0 bridgehead atoms. The summed E-state index contributed by atoms with van der Waals surface area (Å²) < 4.78 is 0. The molecule has 3 aromatic rings. The summed E-state index contributed by atoms with van der Waals surface area (Å²) in [6.07, 6.45) is 7.43. The molecule has 0 fully saturated rings. The zero-order chi connectivity index (χ0) is 13.5. The van der Waals surface area contributed by atoms with E-state index in [2.05, 4.69) is 19.9 Å². The molecule has 0 atom stereocenters. The van der Waals surface area contributed by atoms with Crippen LogP contribution in [0.25, 0.3) is 22.0 Å². The van der Waals surface area contributed by atoms with Crippen molar-refractivity contribution < 1.29 is 0 Å². The van der Waals surface area contributed by atoms with Gasteiger partial charge in [-0.2, -0.15) is 4.98 Å². The maximum atomic E-state index is 11.2. The third kappa shape index (κ3) is 1.94. The highest BCUT2D eigenvalue weighted by Crippen LogP contribution is 2.31. The Bertz CT molecular complexity index is 807. The number of H-pyrrole nitrogens is 2. The van der Waals surface area contributed by atoms with Crippen LogP contribution in [0.4, 0.5) is 0 Å². The van der Waals surface area contributed by atoms with Crippen molar-refractivity contribution in [2.75, 3.05) is 0 Å². The fourth-order valence-corrected chi connectivity index (χ4v) is 3.66. The van der Waals surface area contributed by atoms with E-state index in [1.54, 1.807) is 11.3 Å². The molecule has 6 nitrogen and oxygen atoms in total. The Morgan fingerprint density at radius 1 is 1.10 bits per heavy atom. The Hall–Kier alpha value is -2.02. The van der Waals surface area contributed by atoms with E-state index in [1.807, 2.05) is 0 Å². The number of aromatic amines is 2. The largest absolute Gasteiger partial charge is 0.346 e. The van der Waals surface area contributed by atoms with Gasteiger partial charge < -0.3 is 4.98 Å². The molecule has 0 saturated carbocycles. The number of rotatable bonds is 1. The Morgan fingerprint density at radius 2 is 2.00 bits per heavy atom. The summed E-state index contributed by atoms with van der Waals surface area (Å²) in [5, 5.41) is 0.897. The highest BCUT2D eigenvalue weighted by molar-refractivity contribution is 7.15.